The van der Waals surface area contributed by atoms with Crippen molar-refractivity contribution in [3.63, 3.8) is 0 Å². The number of piperidine rings is 1. The van der Waals surface area contributed by atoms with Gasteiger partial charge in [-0.05, 0) is 54.8 Å². The molecule has 1 aliphatic heterocycles. The minimum Gasteiger partial charge on any atom is -0.382 e. The summed E-state index contributed by atoms with van der Waals surface area (Å²) in [4.78, 5) is 7.44. The Balaban J connectivity index is 1.48. The van der Waals surface area contributed by atoms with Crippen molar-refractivity contribution in [2.45, 2.75) is 30.3 Å². The van der Waals surface area contributed by atoms with Crippen LogP contribution in [0.15, 0.2) is 53.7 Å². The number of likely N-dealkylation sites (tertiary alicyclic amines) is 1. The number of rotatable bonds is 5. The molecular weight excluding hydrogens is 306 g/mol. The zero-order chi connectivity index (χ0) is 16.1. The van der Waals surface area contributed by atoms with Gasteiger partial charge >= 0.3 is 0 Å². The number of nitrogens with one attached hydrogen (secondary N) is 1. The van der Waals surface area contributed by atoms with Gasteiger partial charge in [0.05, 0.1) is 0 Å². The topological polar surface area (TPSA) is 45.2 Å². The Bertz CT molecular complexity index is 637. The predicted octanol–water partition coefficient (Wildman–Crippen LogP) is 2.90. The Hall–Kier alpha value is -1.72. The molecule has 2 aromatic rings. The van der Waals surface area contributed by atoms with Gasteiger partial charge in [-0.15, -0.1) is 0 Å². The van der Waals surface area contributed by atoms with Crippen molar-refractivity contribution >= 4 is 16.5 Å². The van der Waals surface area contributed by atoms with Crippen LogP contribution < -0.4 is 5.32 Å². The van der Waals surface area contributed by atoms with E-state index in [0.717, 1.165) is 43.1 Å². The van der Waals surface area contributed by atoms with Crippen molar-refractivity contribution in [3.8, 4) is 0 Å². The molecule has 0 unspecified atom stereocenters. The molecule has 1 fully saturated rings. The van der Waals surface area contributed by atoms with Gasteiger partial charge in [0.25, 0.3) is 0 Å². The minimum atomic E-state index is -0.907. The van der Waals surface area contributed by atoms with Crippen molar-refractivity contribution in [1.29, 1.82) is 0 Å². The van der Waals surface area contributed by atoms with Crippen molar-refractivity contribution < 1.29 is 4.21 Å². The Morgan fingerprint density at radius 1 is 1.13 bits per heavy atom. The number of aromatic nitrogens is 1. The standard InChI is InChI=1S/C18H23N3OS/c1-23(22)18-4-2-16(3-5-18)20-17-8-12-21(13-9-17)14-15-6-10-19-11-7-15/h2-7,10-11,17,20H,8-9,12-14H2,1H3/t23-/m1/s1. The average molecular weight is 329 g/mol. The maximum atomic E-state index is 11.4. The SMILES string of the molecule is C[S@@](=O)c1ccc(NC2CCN(Cc3ccncc3)CC2)cc1. The van der Waals surface area contributed by atoms with E-state index < -0.39 is 10.8 Å². The predicted molar refractivity (Wildman–Crippen MR) is 94.9 cm³/mol. The Morgan fingerprint density at radius 2 is 1.78 bits per heavy atom. The zero-order valence-corrected chi connectivity index (χ0v) is 14.3. The summed E-state index contributed by atoms with van der Waals surface area (Å²) in [6.45, 7) is 3.22. The highest BCUT2D eigenvalue weighted by Crippen LogP contribution is 2.19. The molecule has 1 saturated heterocycles. The summed E-state index contributed by atoms with van der Waals surface area (Å²) >= 11 is 0. The number of pyridine rings is 1. The number of nitrogens with zero attached hydrogens (tertiary/aromatic N) is 2. The molecule has 0 saturated carbocycles. The Morgan fingerprint density at radius 3 is 2.39 bits per heavy atom. The molecule has 0 amide bonds. The van der Waals surface area contributed by atoms with Crippen LogP contribution in [0.4, 0.5) is 5.69 Å². The monoisotopic (exact) mass is 329 g/mol. The van der Waals surface area contributed by atoms with Crippen LogP contribution in [-0.2, 0) is 17.3 Å². The second-order valence-corrected chi connectivity index (χ2v) is 7.41. The van der Waals surface area contributed by atoms with Crippen molar-refractivity contribution in [2.24, 2.45) is 0 Å². The van der Waals surface area contributed by atoms with Gasteiger partial charge in [0.1, 0.15) is 0 Å². The van der Waals surface area contributed by atoms with Gasteiger partial charge in [0.2, 0.25) is 0 Å². The van der Waals surface area contributed by atoms with Crippen molar-refractivity contribution in [3.05, 3.63) is 54.4 Å². The fourth-order valence-electron chi connectivity index (χ4n) is 2.96. The molecule has 4 nitrogen and oxygen atoms in total. The van der Waals surface area contributed by atoms with Gasteiger partial charge in [-0.1, -0.05) is 0 Å². The molecule has 1 aromatic carbocycles. The second-order valence-electron chi connectivity index (χ2n) is 6.03. The highest BCUT2D eigenvalue weighted by atomic mass is 32.2. The van der Waals surface area contributed by atoms with Gasteiger partial charge in [-0.2, -0.15) is 0 Å². The first kappa shape index (κ1) is 16.1. The molecule has 1 aliphatic rings. The summed E-state index contributed by atoms with van der Waals surface area (Å²) in [7, 11) is -0.907. The molecule has 1 aromatic heterocycles. The number of hydrogen-bond donors (Lipinski definition) is 1. The third-order valence-electron chi connectivity index (χ3n) is 4.30. The van der Waals surface area contributed by atoms with Gasteiger partial charge in [-0.25, -0.2) is 0 Å². The maximum Gasteiger partial charge on any atom is 0.0498 e. The van der Waals surface area contributed by atoms with E-state index in [0.29, 0.717) is 6.04 Å². The lowest BCUT2D eigenvalue weighted by Crippen LogP contribution is -2.38. The van der Waals surface area contributed by atoms with Crippen LogP contribution in [0.2, 0.25) is 0 Å². The summed E-state index contributed by atoms with van der Waals surface area (Å²) in [5, 5.41) is 3.60. The normalized spacial score (nSPS) is 17.8. The summed E-state index contributed by atoms with van der Waals surface area (Å²) in [6.07, 6.45) is 7.72. The average Bonchev–Trinajstić information content (AvgIpc) is 2.58. The van der Waals surface area contributed by atoms with Gasteiger partial charge < -0.3 is 5.32 Å². The summed E-state index contributed by atoms with van der Waals surface area (Å²) in [5.41, 5.74) is 2.45. The number of hydrogen-bond acceptors (Lipinski definition) is 4. The first-order chi connectivity index (χ1) is 11.2. The van der Waals surface area contributed by atoms with E-state index in [1.807, 2.05) is 36.7 Å². The number of benzene rings is 1. The molecular formula is C18H23N3OS. The van der Waals surface area contributed by atoms with E-state index >= 15 is 0 Å². The van der Waals surface area contributed by atoms with E-state index in [-0.39, 0.29) is 0 Å². The molecule has 2 heterocycles. The molecule has 1 N–H and O–H groups in total. The molecule has 3 rings (SSSR count). The molecule has 5 heteroatoms. The summed E-state index contributed by atoms with van der Waals surface area (Å²) in [5.74, 6) is 0. The molecule has 0 radical (unpaired) electrons. The molecule has 1 atom stereocenters. The van der Waals surface area contributed by atoms with E-state index in [1.54, 1.807) is 6.26 Å². The van der Waals surface area contributed by atoms with Crippen LogP contribution >= 0.6 is 0 Å². The highest BCUT2D eigenvalue weighted by molar-refractivity contribution is 7.84. The summed E-state index contributed by atoms with van der Waals surface area (Å²) in [6, 6.07) is 12.6. The molecule has 23 heavy (non-hydrogen) atoms. The smallest absolute Gasteiger partial charge is 0.0498 e. The number of anilines is 1. The zero-order valence-electron chi connectivity index (χ0n) is 13.4. The second kappa shape index (κ2) is 7.70. The molecule has 0 bridgehead atoms. The molecule has 0 aliphatic carbocycles. The van der Waals surface area contributed by atoms with Crippen molar-refractivity contribution in [2.75, 3.05) is 24.7 Å². The van der Waals surface area contributed by atoms with E-state index in [4.69, 9.17) is 0 Å². The summed E-state index contributed by atoms with van der Waals surface area (Å²) < 4.78 is 11.4. The van der Waals surface area contributed by atoms with Crippen LogP contribution in [0.25, 0.3) is 0 Å². The van der Waals surface area contributed by atoms with Crippen LogP contribution in [-0.4, -0.2) is 39.5 Å². The van der Waals surface area contributed by atoms with Gasteiger partial charge in [0.15, 0.2) is 0 Å². The quantitative estimate of drug-likeness (QED) is 0.916. The minimum absolute atomic E-state index is 0.515. The molecule has 0 spiro atoms. The van der Waals surface area contributed by atoms with Crippen LogP contribution in [0.3, 0.4) is 0 Å². The van der Waals surface area contributed by atoms with Crippen molar-refractivity contribution in [1.82, 2.24) is 9.88 Å². The largest absolute Gasteiger partial charge is 0.382 e. The lowest BCUT2D eigenvalue weighted by molar-refractivity contribution is 0.211. The third kappa shape index (κ3) is 4.62. The van der Waals surface area contributed by atoms with Crippen LogP contribution in [0.5, 0.6) is 0 Å². The Labute approximate surface area is 140 Å². The fourth-order valence-corrected chi connectivity index (χ4v) is 3.48. The third-order valence-corrected chi connectivity index (χ3v) is 5.24. The van der Waals surface area contributed by atoms with E-state index in [2.05, 4.69) is 27.3 Å². The van der Waals surface area contributed by atoms with E-state index in [9.17, 15) is 4.21 Å². The van der Waals surface area contributed by atoms with E-state index in [1.165, 1.54) is 5.56 Å². The lowest BCUT2D eigenvalue weighted by Gasteiger charge is -2.32. The van der Waals surface area contributed by atoms with Crippen LogP contribution in [0.1, 0.15) is 18.4 Å². The maximum absolute atomic E-state index is 11.4. The molecule has 122 valence electrons. The van der Waals surface area contributed by atoms with Gasteiger partial charge in [-0.3, -0.25) is 14.1 Å². The van der Waals surface area contributed by atoms with Crippen LogP contribution in [0, 0.1) is 0 Å². The first-order valence-electron chi connectivity index (χ1n) is 8.02. The Kier molecular flexibility index (Phi) is 5.41. The first-order valence-corrected chi connectivity index (χ1v) is 9.58. The lowest BCUT2D eigenvalue weighted by atomic mass is 10.0. The fraction of sp³-hybridized carbons (Fsp3) is 0.389. The van der Waals surface area contributed by atoms with Gasteiger partial charge in [0, 0.05) is 65.7 Å². The highest BCUT2D eigenvalue weighted by Gasteiger charge is 2.19.